The molecule has 0 aliphatic heterocycles. The van der Waals surface area contributed by atoms with Crippen molar-refractivity contribution in [2.45, 2.75) is 0 Å². The summed E-state index contributed by atoms with van der Waals surface area (Å²) < 4.78 is 0. The maximum atomic E-state index is 12.4. The molecule has 2 amide bonds. The number of carbonyl (C=O) groups is 2. The molecule has 6 N–H and O–H groups in total. The van der Waals surface area contributed by atoms with E-state index in [-0.39, 0.29) is 11.8 Å². The van der Waals surface area contributed by atoms with Crippen LogP contribution in [0.5, 0.6) is 0 Å². The number of aromatic amines is 2. The lowest BCUT2D eigenvalue weighted by Crippen LogP contribution is -2.30. The molecule has 10 heteroatoms. The lowest BCUT2D eigenvalue weighted by molar-refractivity contribution is 0.0946. The number of aromatic nitrogens is 4. The van der Waals surface area contributed by atoms with Crippen LogP contribution in [0.4, 0.5) is 0 Å². The van der Waals surface area contributed by atoms with Gasteiger partial charge in [-0.15, -0.1) is 0 Å². The Labute approximate surface area is 219 Å². The van der Waals surface area contributed by atoms with E-state index in [9.17, 15) is 9.59 Å². The Morgan fingerprint density at radius 1 is 0.632 bits per heavy atom. The monoisotopic (exact) mass is 510 g/mol. The van der Waals surface area contributed by atoms with Crippen molar-refractivity contribution in [3.63, 3.8) is 0 Å². The van der Waals surface area contributed by atoms with E-state index in [1.54, 1.807) is 12.1 Å². The van der Waals surface area contributed by atoms with Crippen LogP contribution in [-0.2, 0) is 0 Å². The van der Waals surface area contributed by atoms with Crippen molar-refractivity contribution in [1.29, 1.82) is 0 Å². The lowest BCUT2D eigenvalue weighted by Gasteiger charge is -2.04. The molecule has 0 atom stereocenters. The van der Waals surface area contributed by atoms with Crippen LogP contribution >= 0.6 is 0 Å². The van der Waals surface area contributed by atoms with Gasteiger partial charge in [0.25, 0.3) is 11.8 Å². The number of hydrogen-bond acceptors (Lipinski definition) is 6. The van der Waals surface area contributed by atoms with Crippen molar-refractivity contribution in [3.05, 3.63) is 71.8 Å². The molecule has 0 aliphatic rings. The fourth-order valence-corrected chi connectivity index (χ4v) is 4.17. The minimum absolute atomic E-state index is 0.116. The van der Waals surface area contributed by atoms with Crippen LogP contribution in [0.25, 0.3) is 44.8 Å². The van der Waals surface area contributed by atoms with Crippen molar-refractivity contribution in [3.8, 4) is 22.8 Å². The SMILES string of the molecule is CNCCNC(=O)c1ccc2nc(-c3ccc(-c4nc5ccc(C(=O)NCCNC)cc5[nH]4)cc3)[nH]c2c1. The summed E-state index contributed by atoms with van der Waals surface area (Å²) in [6.45, 7) is 2.54. The van der Waals surface area contributed by atoms with Gasteiger partial charge in [-0.05, 0) is 50.5 Å². The highest BCUT2D eigenvalue weighted by Gasteiger charge is 2.12. The molecule has 3 aromatic carbocycles. The molecule has 0 spiro atoms. The predicted octanol–water partition coefficient (Wildman–Crippen LogP) is 2.67. The van der Waals surface area contributed by atoms with Crippen LogP contribution in [0.15, 0.2) is 60.7 Å². The fourth-order valence-electron chi connectivity index (χ4n) is 4.17. The average Bonchev–Trinajstić information content (AvgIpc) is 3.57. The van der Waals surface area contributed by atoms with Gasteiger partial charge in [-0.2, -0.15) is 0 Å². The summed E-state index contributed by atoms with van der Waals surface area (Å²) in [7, 11) is 3.69. The molecule has 5 rings (SSSR count). The topological polar surface area (TPSA) is 140 Å². The molecular weight excluding hydrogens is 480 g/mol. The largest absolute Gasteiger partial charge is 0.351 e. The number of hydrogen-bond donors (Lipinski definition) is 6. The first kappa shape index (κ1) is 25.1. The van der Waals surface area contributed by atoms with E-state index >= 15 is 0 Å². The average molecular weight is 511 g/mol. The molecule has 194 valence electrons. The predicted molar refractivity (Wildman–Crippen MR) is 149 cm³/mol. The molecule has 0 saturated heterocycles. The number of imidazole rings is 2. The van der Waals surface area contributed by atoms with Gasteiger partial charge in [-0.1, -0.05) is 24.3 Å². The third-order valence-corrected chi connectivity index (χ3v) is 6.24. The fraction of sp³-hybridized carbons (Fsp3) is 0.214. The third-order valence-electron chi connectivity index (χ3n) is 6.24. The summed E-state index contributed by atoms with van der Waals surface area (Å²) in [6.07, 6.45) is 0. The summed E-state index contributed by atoms with van der Waals surface area (Å²) in [5, 5.41) is 11.8. The molecule has 2 aromatic heterocycles. The first-order chi connectivity index (χ1) is 18.6. The van der Waals surface area contributed by atoms with E-state index < -0.39 is 0 Å². The van der Waals surface area contributed by atoms with Crippen molar-refractivity contribution in [2.75, 3.05) is 40.3 Å². The Balaban J connectivity index is 1.32. The number of H-pyrrole nitrogens is 2. The van der Waals surface area contributed by atoms with E-state index in [1.165, 1.54) is 0 Å². The molecule has 0 bridgehead atoms. The standard InChI is InChI=1S/C28H30N8O2/c1-29-11-13-31-27(37)19-7-9-21-23(15-19)35-25(33-21)17-3-5-18(6-4-17)26-34-22-10-8-20(16-24(22)36-26)28(38)32-14-12-30-2/h3-10,15-16,29-30H,11-14H2,1-2H3,(H,31,37)(H,32,38)(H,33,35)(H,34,36). The Bertz CT molecular complexity index is 1470. The first-order valence-corrected chi connectivity index (χ1v) is 12.5. The highest BCUT2D eigenvalue weighted by molar-refractivity contribution is 5.98. The van der Waals surface area contributed by atoms with Crippen LogP contribution in [0.1, 0.15) is 20.7 Å². The van der Waals surface area contributed by atoms with Crippen molar-refractivity contribution < 1.29 is 9.59 Å². The van der Waals surface area contributed by atoms with Gasteiger partial charge < -0.3 is 31.2 Å². The summed E-state index contributed by atoms with van der Waals surface area (Å²) in [5.41, 5.74) is 6.19. The number of nitrogens with one attached hydrogen (secondary N) is 6. The number of rotatable bonds is 10. The maximum absolute atomic E-state index is 12.4. The molecule has 0 unspecified atom stereocenters. The lowest BCUT2D eigenvalue weighted by atomic mass is 10.1. The normalized spacial score (nSPS) is 11.2. The zero-order chi connectivity index (χ0) is 26.5. The molecule has 10 nitrogen and oxygen atoms in total. The van der Waals surface area contributed by atoms with Crippen LogP contribution < -0.4 is 21.3 Å². The number of likely N-dealkylation sites (N-methyl/N-ethyl adjacent to an activating group) is 2. The van der Waals surface area contributed by atoms with Crippen molar-refractivity contribution >= 4 is 33.9 Å². The van der Waals surface area contributed by atoms with Crippen LogP contribution in [0.3, 0.4) is 0 Å². The number of carbonyl (C=O) groups excluding carboxylic acids is 2. The van der Waals surface area contributed by atoms with Gasteiger partial charge in [-0.3, -0.25) is 9.59 Å². The van der Waals surface area contributed by atoms with E-state index in [1.807, 2.05) is 62.6 Å². The van der Waals surface area contributed by atoms with Crippen molar-refractivity contribution in [1.82, 2.24) is 41.2 Å². The number of nitrogens with zero attached hydrogens (tertiary/aromatic N) is 2. The van der Waals surface area contributed by atoms with Gasteiger partial charge in [0.05, 0.1) is 22.1 Å². The highest BCUT2D eigenvalue weighted by Crippen LogP contribution is 2.26. The maximum Gasteiger partial charge on any atom is 0.251 e. The minimum Gasteiger partial charge on any atom is -0.351 e. The zero-order valence-electron chi connectivity index (χ0n) is 21.3. The van der Waals surface area contributed by atoms with Gasteiger partial charge in [-0.25, -0.2) is 9.97 Å². The molecular formula is C28H30N8O2. The molecule has 5 aromatic rings. The molecule has 38 heavy (non-hydrogen) atoms. The van der Waals surface area contributed by atoms with Gasteiger partial charge in [0.1, 0.15) is 11.6 Å². The second-order valence-electron chi connectivity index (χ2n) is 8.93. The van der Waals surface area contributed by atoms with Crippen LogP contribution in [0.2, 0.25) is 0 Å². The third kappa shape index (κ3) is 5.41. The number of amides is 2. The van der Waals surface area contributed by atoms with E-state index in [0.717, 1.165) is 44.8 Å². The van der Waals surface area contributed by atoms with Crippen molar-refractivity contribution in [2.24, 2.45) is 0 Å². The highest BCUT2D eigenvalue weighted by atomic mass is 16.2. The van der Waals surface area contributed by atoms with Gasteiger partial charge in [0, 0.05) is 48.4 Å². The number of benzene rings is 3. The summed E-state index contributed by atoms with van der Waals surface area (Å²) in [6, 6.07) is 18.8. The smallest absolute Gasteiger partial charge is 0.251 e. The molecule has 0 fully saturated rings. The van der Waals surface area contributed by atoms with E-state index in [0.29, 0.717) is 37.3 Å². The summed E-state index contributed by atoms with van der Waals surface area (Å²) in [4.78, 5) is 40.8. The van der Waals surface area contributed by atoms with Gasteiger partial charge >= 0.3 is 0 Å². The summed E-state index contributed by atoms with van der Waals surface area (Å²) in [5.74, 6) is 1.21. The first-order valence-electron chi connectivity index (χ1n) is 12.5. The second-order valence-corrected chi connectivity index (χ2v) is 8.93. The Kier molecular flexibility index (Phi) is 7.43. The zero-order valence-corrected chi connectivity index (χ0v) is 21.3. The summed E-state index contributed by atoms with van der Waals surface area (Å²) >= 11 is 0. The second kappa shape index (κ2) is 11.2. The number of fused-ring (bicyclic) bond motifs is 2. The quantitative estimate of drug-likeness (QED) is 0.160. The molecule has 0 saturated carbocycles. The molecule has 0 aliphatic carbocycles. The van der Waals surface area contributed by atoms with Crippen LogP contribution in [-0.4, -0.2) is 72.0 Å². The molecule has 2 heterocycles. The van der Waals surface area contributed by atoms with Gasteiger partial charge in [0.15, 0.2) is 0 Å². The van der Waals surface area contributed by atoms with E-state index in [4.69, 9.17) is 0 Å². The minimum atomic E-state index is -0.116. The van der Waals surface area contributed by atoms with E-state index in [2.05, 4.69) is 41.2 Å². The van der Waals surface area contributed by atoms with Crippen LogP contribution in [0, 0.1) is 0 Å². The Morgan fingerprint density at radius 2 is 1.05 bits per heavy atom. The molecule has 0 radical (unpaired) electrons. The van der Waals surface area contributed by atoms with Gasteiger partial charge in [0.2, 0.25) is 0 Å². The Morgan fingerprint density at radius 3 is 1.45 bits per heavy atom. The Hall–Kier alpha value is -4.54.